The van der Waals surface area contributed by atoms with Gasteiger partial charge in [0, 0.05) is 19.2 Å². The minimum Gasteiger partial charge on any atom is -0.330 e. The van der Waals surface area contributed by atoms with Crippen LogP contribution in [0.1, 0.15) is 57.6 Å². The minimum absolute atomic E-state index is 0.218. The number of nitrogens with one attached hydrogen (secondary N) is 2. The smallest absolute Gasteiger partial charge is 0.319 e. The number of rotatable bonds is 4. The zero-order valence-corrected chi connectivity index (χ0v) is 13.3. The molecule has 5 heteroatoms. The molecule has 1 aliphatic rings. The maximum absolute atomic E-state index is 12.1. The van der Waals surface area contributed by atoms with Gasteiger partial charge in [-0.3, -0.25) is 4.68 Å². The van der Waals surface area contributed by atoms with Gasteiger partial charge in [-0.25, -0.2) is 4.79 Å². The highest BCUT2D eigenvalue weighted by atomic mass is 16.2. The molecule has 1 fully saturated rings. The number of carbonyl (C=O) groups is 1. The van der Waals surface area contributed by atoms with E-state index < -0.39 is 5.54 Å². The van der Waals surface area contributed by atoms with Gasteiger partial charge in [-0.15, -0.1) is 6.58 Å². The number of amides is 2. The second-order valence-corrected chi connectivity index (χ2v) is 6.44. The van der Waals surface area contributed by atoms with E-state index in [0.717, 1.165) is 24.2 Å². The molecule has 0 atom stereocenters. The molecular weight excluding hydrogens is 264 g/mol. The van der Waals surface area contributed by atoms with Gasteiger partial charge >= 0.3 is 6.03 Å². The van der Waals surface area contributed by atoms with Crippen molar-refractivity contribution in [3.63, 3.8) is 0 Å². The average Bonchev–Trinajstić information content (AvgIpc) is 2.80. The molecule has 1 aromatic rings. The predicted octanol–water partition coefficient (Wildman–Crippen LogP) is 3.55. The molecule has 21 heavy (non-hydrogen) atoms. The number of aromatic nitrogens is 2. The molecule has 1 saturated carbocycles. The second kappa shape index (κ2) is 6.33. The summed E-state index contributed by atoms with van der Waals surface area (Å²) in [6.07, 6.45) is 9.71. The first-order valence-electron chi connectivity index (χ1n) is 7.67. The third-order valence-corrected chi connectivity index (χ3v) is 4.04. The Kier molecular flexibility index (Phi) is 4.70. The van der Waals surface area contributed by atoms with E-state index in [1.54, 1.807) is 10.8 Å². The van der Waals surface area contributed by atoms with Crippen LogP contribution in [0.5, 0.6) is 0 Å². The van der Waals surface area contributed by atoms with Crippen LogP contribution in [0, 0.1) is 0 Å². The highest BCUT2D eigenvalue weighted by molar-refractivity contribution is 5.90. The lowest BCUT2D eigenvalue weighted by atomic mass is 9.86. The lowest BCUT2D eigenvalue weighted by molar-refractivity contribution is 0.246. The molecule has 1 aromatic heterocycles. The van der Waals surface area contributed by atoms with Crippen molar-refractivity contribution in [3.05, 3.63) is 24.5 Å². The molecule has 0 bridgehead atoms. The van der Waals surface area contributed by atoms with Crippen molar-refractivity contribution in [3.8, 4) is 0 Å². The Bertz CT molecular complexity index is 512. The van der Waals surface area contributed by atoms with Crippen LogP contribution in [0.3, 0.4) is 0 Å². The molecular formula is C16H26N4O. The molecule has 2 rings (SSSR count). The summed E-state index contributed by atoms with van der Waals surface area (Å²) in [7, 11) is 1.89. The highest BCUT2D eigenvalue weighted by Gasteiger charge is 2.23. The fourth-order valence-corrected chi connectivity index (χ4v) is 2.78. The van der Waals surface area contributed by atoms with E-state index in [0.29, 0.717) is 5.92 Å². The Morgan fingerprint density at radius 3 is 2.71 bits per heavy atom. The molecule has 2 amide bonds. The van der Waals surface area contributed by atoms with Crippen molar-refractivity contribution < 1.29 is 4.79 Å². The maximum Gasteiger partial charge on any atom is 0.319 e. The number of nitrogens with zero attached hydrogens (tertiary/aromatic N) is 2. The van der Waals surface area contributed by atoms with Gasteiger partial charge < -0.3 is 10.6 Å². The summed E-state index contributed by atoms with van der Waals surface area (Å²) in [5, 5.41) is 10.4. The lowest BCUT2D eigenvalue weighted by Crippen LogP contribution is -2.44. The zero-order chi connectivity index (χ0) is 15.5. The van der Waals surface area contributed by atoms with Crippen LogP contribution in [-0.2, 0) is 7.05 Å². The Labute approximate surface area is 126 Å². The monoisotopic (exact) mass is 290 g/mol. The van der Waals surface area contributed by atoms with Crippen molar-refractivity contribution >= 4 is 11.7 Å². The van der Waals surface area contributed by atoms with Gasteiger partial charge in [-0.2, -0.15) is 5.10 Å². The third kappa shape index (κ3) is 4.09. The fraction of sp³-hybridized carbons (Fsp3) is 0.625. The van der Waals surface area contributed by atoms with Crippen LogP contribution in [0.25, 0.3) is 0 Å². The van der Waals surface area contributed by atoms with Crippen molar-refractivity contribution in [2.75, 3.05) is 5.32 Å². The van der Waals surface area contributed by atoms with Gasteiger partial charge in [0.2, 0.25) is 0 Å². The van der Waals surface area contributed by atoms with Gasteiger partial charge in [-0.1, -0.05) is 25.3 Å². The number of hydrogen-bond acceptors (Lipinski definition) is 2. The number of anilines is 1. The van der Waals surface area contributed by atoms with E-state index in [9.17, 15) is 4.79 Å². The Hall–Kier alpha value is -1.78. The van der Waals surface area contributed by atoms with E-state index in [4.69, 9.17) is 0 Å². The van der Waals surface area contributed by atoms with Crippen LogP contribution >= 0.6 is 0 Å². The summed E-state index contributed by atoms with van der Waals surface area (Å²) in [6.45, 7) is 7.54. The lowest BCUT2D eigenvalue weighted by Gasteiger charge is -2.23. The Balaban J connectivity index is 2.09. The van der Waals surface area contributed by atoms with E-state index in [1.165, 1.54) is 19.3 Å². The molecule has 1 heterocycles. The summed E-state index contributed by atoms with van der Waals surface area (Å²) >= 11 is 0. The predicted molar refractivity (Wildman–Crippen MR) is 85.5 cm³/mol. The third-order valence-electron chi connectivity index (χ3n) is 4.04. The van der Waals surface area contributed by atoms with Crippen molar-refractivity contribution in [1.82, 2.24) is 15.1 Å². The summed E-state index contributed by atoms with van der Waals surface area (Å²) < 4.78 is 1.78. The number of aryl methyl sites for hydroxylation is 1. The zero-order valence-electron chi connectivity index (χ0n) is 13.3. The van der Waals surface area contributed by atoms with Crippen molar-refractivity contribution in [1.29, 1.82) is 0 Å². The largest absolute Gasteiger partial charge is 0.330 e. The van der Waals surface area contributed by atoms with Gasteiger partial charge in [0.25, 0.3) is 0 Å². The highest BCUT2D eigenvalue weighted by Crippen LogP contribution is 2.35. The molecule has 116 valence electrons. The van der Waals surface area contributed by atoms with Crippen LogP contribution in [-0.4, -0.2) is 21.4 Å². The van der Waals surface area contributed by atoms with E-state index in [1.807, 2.05) is 27.1 Å². The summed E-state index contributed by atoms with van der Waals surface area (Å²) in [4.78, 5) is 12.1. The number of carbonyl (C=O) groups excluding carboxylic acids is 1. The van der Waals surface area contributed by atoms with E-state index in [2.05, 4.69) is 22.3 Å². The first-order chi connectivity index (χ1) is 9.91. The first-order valence-corrected chi connectivity index (χ1v) is 7.67. The SMILES string of the molecule is C=CC(C)(C)NC(=O)Nc1cn(C)nc1C1CCCCC1. The average molecular weight is 290 g/mol. The standard InChI is InChI=1S/C16H26N4O/c1-5-16(2,3)18-15(21)17-13-11-20(4)19-14(13)12-9-7-6-8-10-12/h5,11-12H,1,6-10H2,2-4H3,(H2,17,18,21). The molecule has 0 saturated heterocycles. The van der Waals surface area contributed by atoms with Gasteiger partial charge in [0.05, 0.1) is 16.9 Å². The second-order valence-electron chi connectivity index (χ2n) is 6.44. The molecule has 0 unspecified atom stereocenters. The summed E-state index contributed by atoms with van der Waals surface area (Å²) in [6, 6.07) is -0.218. The molecule has 0 aliphatic heterocycles. The molecule has 0 spiro atoms. The normalized spacial score (nSPS) is 16.5. The van der Waals surface area contributed by atoms with Crippen LogP contribution in [0.4, 0.5) is 10.5 Å². The first kappa shape index (κ1) is 15.6. The summed E-state index contributed by atoms with van der Waals surface area (Å²) in [5.41, 5.74) is 1.41. The van der Waals surface area contributed by atoms with E-state index >= 15 is 0 Å². The van der Waals surface area contributed by atoms with Crippen LogP contribution in [0.2, 0.25) is 0 Å². The topological polar surface area (TPSA) is 59.0 Å². The van der Waals surface area contributed by atoms with E-state index in [-0.39, 0.29) is 6.03 Å². The van der Waals surface area contributed by atoms with Crippen molar-refractivity contribution in [2.24, 2.45) is 7.05 Å². The van der Waals surface area contributed by atoms with Crippen molar-refractivity contribution in [2.45, 2.75) is 57.4 Å². The van der Waals surface area contributed by atoms with Gasteiger partial charge in [0.1, 0.15) is 0 Å². The molecule has 1 aliphatic carbocycles. The fourth-order valence-electron chi connectivity index (χ4n) is 2.78. The molecule has 2 N–H and O–H groups in total. The number of hydrogen-bond donors (Lipinski definition) is 2. The molecule has 5 nitrogen and oxygen atoms in total. The van der Waals surface area contributed by atoms with Crippen LogP contribution in [0.15, 0.2) is 18.9 Å². The maximum atomic E-state index is 12.1. The Morgan fingerprint density at radius 1 is 1.43 bits per heavy atom. The molecule has 0 aromatic carbocycles. The van der Waals surface area contributed by atoms with Gasteiger partial charge in [-0.05, 0) is 26.7 Å². The minimum atomic E-state index is -0.433. The summed E-state index contributed by atoms with van der Waals surface area (Å²) in [5.74, 6) is 0.461. The number of urea groups is 1. The van der Waals surface area contributed by atoms with Gasteiger partial charge in [0.15, 0.2) is 0 Å². The van der Waals surface area contributed by atoms with Crippen LogP contribution < -0.4 is 10.6 Å². The molecule has 0 radical (unpaired) electrons. The Morgan fingerprint density at radius 2 is 2.10 bits per heavy atom. The quantitative estimate of drug-likeness (QED) is 0.833.